The summed E-state index contributed by atoms with van der Waals surface area (Å²) in [6.07, 6.45) is 0. The van der Waals surface area contributed by atoms with Crippen molar-refractivity contribution in [3.63, 3.8) is 0 Å². The predicted molar refractivity (Wildman–Crippen MR) is 122 cm³/mol. The number of carbonyl (C=O) groups is 1. The predicted octanol–water partition coefficient (Wildman–Crippen LogP) is 4.98. The Balaban J connectivity index is 1.46. The van der Waals surface area contributed by atoms with Gasteiger partial charge in [0.15, 0.2) is 0 Å². The zero-order valence-corrected chi connectivity index (χ0v) is 17.2. The Morgan fingerprint density at radius 3 is 2.42 bits per heavy atom. The summed E-state index contributed by atoms with van der Waals surface area (Å²) in [5.41, 5.74) is 4.07. The SMILES string of the molecule is CNc1nc(NCc2ccc(NC(=O)c3ccc(F)cc3)cc2)c2c(C)cccc2n1. The molecule has 156 valence electrons. The largest absolute Gasteiger partial charge is 0.365 e. The Kier molecular flexibility index (Phi) is 5.75. The van der Waals surface area contributed by atoms with E-state index in [2.05, 4.69) is 25.9 Å². The number of halogens is 1. The number of benzene rings is 3. The van der Waals surface area contributed by atoms with E-state index in [0.717, 1.165) is 27.8 Å². The van der Waals surface area contributed by atoms with Gasteiger partial charge in [0.05, 0.1) is 5.52 Å². The summed E-state index contributed by atoms with van der Waals surface area (Å²) in [5, 5.41) is 10.2. The number of nitrogens with one attached hydrogen (secondary N) is 3. The molecule has 4 aromatic rings. The number of aryl methyl sites for hydroxylation is 1. The van der Waals surface area contributed by atoms with Crippen molar-refractivity contribution in [1.82, 2.24) is 9.97 Å². The maximum Gasteiger partial charge on any atom is 0.255 e. The second kappa shape index (κ2) is 8.79. The molecule has 0 bridgehead atoms. The van der Waals surface area contributed by atoms with E-state index in [1.807, 2.05) is 49.4 Å². The number of hydrogen-bond acceptors (Lipinski definition) is 5. The zero-order chi connectivity index (χ0) is 21.8. The van der Waals surface area contributed by atoms with E-state index >= 15 is 0 Å². The molecule has 0 spiro atoms. The molecule has 1 aromatic heterocycles. The molecule has 0 unspecified atom stereocenters. The number of nitrogens with zero attached hydrogens (tertiary/aromatic N) is 2. The Morgan fingerprint density at radius 1 is 0.968 bits per heavy atom. The average molecular weight is 415 g/mol. The minimum absolute atomic E-state index is 0.284. The van der Waals surface area contributed by atoms with E-state index in [0.29, 0.717) is 23.7 Å². The lowest BCUT2D eigenvalue weighted by atomic mass is 10.1. The molecule has 1 amide bonds. The van der Waals surface area contributed by atoms with E-state index in [-0.39, 0.29) is 11.7 Å². The van der Waals surface area contributed by atoms with Crippen LogP contribution in [-0.4, -0.2) is 22.9 Å². The Morgan fingerprint density at radius 2 is 1.71 bits per heavy atom. The van der Waals surface area contributed by atoms with Gasteiger partial charge in [-0.3, -0.25) is 4.79 Å². The van der Waals surface area contributed by atoms with Gasteiger partial charge < -0.3 is 16.0 Å². The normalized spacial score (nSPS) is 10.7. The monoisotopic (exact) mass is 415 g/mol. The molecule has 0 aliphatic rings. The molecular weight excluding hydrogens is 393 g/mol. The maximum absolute atomic E-state index is 13.0. The number of hydrogen-bond donors (Lipinski definition) is 3. The highest BCUT2D eigenvalue weighted by Crippen LogP contribution is 2.26. The minimum atomic E-state index is -0.373. The van der Waals surface area contributed by atoms with E-state index < -0.39 is 0 Å². The van der Waals surface area contributed by atoms with Gasteiger partial charge >= 0.3 is 0 Å². The molecule has 0 aliphatic heterocycles. The molecule has 31 heavy (non-hydrogen) atoms. The van der Waals surface area contributed by atoms with Gasteiger partial charge in [-0.15, -0.1) is 0 Å². The van der Waals surface area contributed by atoms with Gasteiger partial charge in [0.25, 0.3) is 5.91 Å². The molecule has 0 radical (unpaired) electrons. The van der Waals surface area contributed by atoms with Crippen molar-refractivity contribution >= 4 is 34.3 Å². The van der Waals surface area contributed by atoms with Crippen molar-refractivity contribution in [3.8, 4) is 0 Å². The molecule has 7 heteroatoms. The molecule has 3 aromatic carbocycles. The van der Waals surface area contributed by atoms with Gasteiger partial charge in [0, 0.05) is 30.2 Å². The van der Waals surface area contributed by atoms with Crippen LogP contribution in [0.2, 0.25) is 0 Å². The Bertz CT molecular complexity index is 1220. The highest BCUT2D eigenvalue weighted by Gasteiger charge is 2.10. The number of amides is 1. The molecule has 1 heterocycles. The van der Waals surface area contributed by atoms with Crippen molar-refractivity contribution in [2.45, 2.75) is 13.5 Å². The quantitative estimate of drug-likeness (QED) is 0.414. The van der Waals surface area contributed by atoms with Crippen LogP contribution in [0.25, 0.3) is 10.9 Å². The third-order valence-corrected chi connectivity index (χ3v) is 4.93. The fourth-order valence-corrected chi connectivity index (χ4v) is 3.29. The zero-order valence-electron chi connectivity index (χ0n) is 17.2. The van der Waals surface area contributed by atoms with Crippen molar-refractivity contribution in [1.29, 1.82) is 0 Å². The van der Waals surface area contributed by atoms with Crippen molar-refractivity contribution in [3.05, 3.63) is 89.2 Å². The lowest BCUT2D eigenvalue weighted by molar-refractivity contribution is 0.102. The van der Waals surface area contributed by atoms with E-state index in [9.17, 15) is 9.18 Å². The second-order valence-electron chi connectivity index (χ2n) is 7.13. The number of anilines is 3. The van der Waals surface area contributed by atoms with Gasteiger partial charge in [-0.1, -0.05) is 24.3 Å². The first-order valence-electron chi connectivity index (χ1n) is 9.88. The summed E-state index contributed by atoms with van der Waals surface area (Å²) in [4.78, 5) is 21.4. The fraction of sp³-hybridized carbons (Fsp3) is 0.125. The smallest absolute Gasteiger partial charge is 0.255 e. The topological polar surface area (TPSA) is 78.9 Å². The molecular formula is C24H22FN5O. The first-order chi connectivity index (χ1) is 15.0. The number of rotatable bonds is 6. The highest BCUT2D eigenvalue weighted by molar-refractivity contribution is 6.04. The van der Waals surface area contributed by atoms with Crippen LogP contribution in [0.15, 0.2) is 66.7 Å². The third kappa shape index (κ3) is 4.61. The summed E-state index contributed by atoms with van der Waals surface area (Å²) in [5.74, 6) is 0.663. The fourth-order valence-electron chi connectivity index (χ4n) is 3.29. The standard InChI is InChI=1S/C24H22FN5O/c1-15-4-3-5-20-21(15)22(30-24(26-2)29-20)27-14-16-6-12-19(13-7-16)28-23(31)17-8-10-18(25)11-9-17/h3-13H,14H2,1-2H3,(H,28,31)(H2,26,27,29,30). The van der Waals surface area contributed by atoms with Crippen LogP contribution in [0.5, 0.6) is 0 Å². The summed E-state index contributed by atoms with van der Waals surface area (Å²) in [6.45, 7) is 2.60. The second-order valence-corrected chi connectivity index (χ2v) is 7.13. The van der Waals surface area contributed by atoms with Gasteiger partial charge in [-0.2, -0.15) is 4.98 Å². The molecule has 3 N–H and O–H groups in total. The molecule has 4 rings (SSSR count). The van der Waals surface area contributed by atoms with Crippen molar-refractivity contribution in [2.24, 2.45) is 0 Å². The molecule has 0 saturated carbocycles. The molecule has 6 nitrogen and oxygen atoms in total. The molecule has 0 aliphatic carbocycles. The molecule has 0 fully saturated rings. The lowest BCUT2D eigenvalue weighted by Crippen LogP contribution is -2.12. The van der Waals surface area contributed by atoms with Gasteiger partial charge in [0.2, 0.25) is 5.95 Å². The van der Waals surface area contributed by atoms with Crippen LogP contribution < -0.4 is 16.0 Å². The lowest BCUT2D eigenvalue weighted by Gasteiger charge is -2.13. The van der Waals surface area contributed by atoms with Crippen molar-refractivity contribution < 1.29 is 9.18 Å². The summed E-state index contributed by atoms with van der Waals surface area (Å²) in [6, 6.07) is 19.0. The van der Waals surface area contributed by atoms with Crippen LogP contribution in [0.4, 0.5) is 21.8 Å². The van der Waals surface area contributed by atoms with Crippen LogP contribution in [0, 0.1) is 12.7 Å². The summed E-state index contributed by atoms with van der Waals surface area (Å²) < 4.78 is 13.0. The molecule has 0 atom stereocenters. The number of carbonyl (C=O) groups excluding carboxylic acids is 1. The Labute approximate surface area is 179 Å². The maximum atomic E-state index is 13.0. The first kappa shape index (κ1) is 20.3. The van der Waals surface area contributed by atoms with E-state index in [1.54, 1.807) is 7.05 Å². The van der Waals surface area contributed by atoms with Gasteiger partial charge in [0.1, 0.15) is 11.6 Å². The van der Waals surface area contributed by atoms with E-state index in [1.165, 1.54) is 24.3 Å². The van der Waals surface area contributed by atoms with Crippen LogP contribution in [0.3, 0.4) is 0 Å². The Hall–Kier alpha value is -4.00. The van der Waals surface area contributed by atoms with Crippen LogP contribution >= 0.6 is 0 Å². The van der Waals surface area contributed by atoms with Gasteiger partial charge in [-0.05, 0) is 60.5 Å². The van der Waals surface area contributed by atoms with E-state index in [4.69, 9.17) is 0 Å². The van der Waals surface area contributed by atoms with Crippen LogP contribution in [0.1, 0.15) is 21.5 Å². The molecule has 0 saturated heterocycles. The number of aromatic nitrogens is 2. The minimum Gasteiger partial charge on any atom is -0.365 e. The summed E-state index contributed by atoms with van der Waals surface area (Å²) in [7, 11) is 1.79. The van der Waals surface area contributed by atoms with Gasteiger partial charge in [-0.25, -0.2) is 9.37 Å². The van der Waals surface area contributed by atoms with Crippen LogP contribution in [-0.2, 0) is 6.54 Å². The highest BCUT2D eigenvalue weighted by atomic mass is 19.1. The number of fused-ring (bicyclic) bond motifs is 1. The average Bonchev–Trinajstić information content (AvgIpc) is 2.78. The summed E-state index contributed by atoms with van der Waals surface area (Å²) >= 11 is 0. The third-order valence-electron chi connectivity index (χ3n) is 4.93. The van der Waals surface area contributed by atoms with Crippen molar-refractivity contribution in [2.75, 3.05) is 23.0 Å². The first-order valence-corrected chi connectivity index (χ1v) is 9.88.